The lowest BCUT2D eigenvalue weighted by Crippen LogP contribution is -2.02. The molecule has 0 aliphatic heterocycles. The summed E-state index contributed by atoms with van der Waals surface area (Å²) in [7, 11) is 0. The number of anilines is 1. The molecule has 0 bridgehead atoms. The predicted molar refractivity (Wildman–Crippen MR) is 57.8 cm³/mol. The van der Waals surface area contributed by atoms with Gasteiger partial charge in [-0.25, -0.2) is 4.21 Å². The average Bonchev–Trinajstić information content (AvgIpc) is 2.22. The number of aromatic nitrogens is 1. The van der Waals surface area contributed by atoms with Crippen LogP contribution in [0, 0.1) is 0 Å². The summed E-state index contributed by atoms with van der Waals surface area (Å²) in [5.74, 6) is 0.0415. The van der Waals surface area contributed by atoms with Crippen LogP contribution in [0.4, 0.5) is 5.69 Å². The Balaban J connectivity index is 2.66. The van der Waals surface area contributed by atoms with E-state index < -0.39 is 11.3 Å². The first kappa shape index (κ1) is 9.88. The molecule has 0 amide bonds. The zero-order valence-corrected chi connectivity index (χ0v) is 8.36. The normalized spacial score (nSPS) is 12.6. The number of hydrogen-bond donors (Lipinski definition) is 3. The summed E-state index contributed by atoms with van der Waals surface area (Å²) in [5.41, 5.74) is 0.852. The Hall–Kier alpha value is -1.66. The van der Waals surface area contributed by atoms with Crippen molar-refractivity contribution >= 4 is 27.9 Å². The highest BCUT2D eigenvalue weighted by Gasteiger charge is 2.06. The molecule has 1 atom stereocenters. The lowest BCUT2D eigenvalue weighted by molar-refractivity contribution is 0.480. The van der Waals surface area contributed by atoms with Crippen LogP contribution < -0.4 is 4.72 Å². The largest absolute Gasteiger partial charge is 0.506 e. The van der Waals surface area contributed by atoms with Crippen LogP contribution in [0.5, 0.6) is 5.75 Å². The summed E-state index contributed by atoms with van der Waals surface area (Å²) >= 11 is -2.14. The minimum Gasteiger partial charge on any atom is -0.506 e. The molecule has 2 rings (SSSR count). The number of nitrogens with zero attached hydrogens (tertiary/aromatic N) is 1. The number of hydrogen-bond acceptors (Lipinski definition) is 3. The Morgan fingerprint density at radius 1 is 1.33 bits per heavy atom. The molecule has 0 saturated heterocycles. The van der Waals surface area contributed by atoms with Crippen molar-refractivity contribution in [1.29, 1.82) is 0 Å². The van der Waals surface area contributed by atoms with Crippen molar-refractivity contribution in [1.82, 2.24) is 4.98 Å². The number of pyridine rings is 1. The first-order chi connectivity index (χ1) is 7.18. The molecule has 0 aliphatic rings. The van der Waals surface area contributed by atoms with Crippen molar-refractivity contribution in [3.8, 4) is 5.75 Å². The number of benzene rings is 1. The number of phenolic OH excluding ortho intramolecular Hbond substituents is 1. The van der Waals surface area contributed by atoms with Crippen LogP contribution in [-0.4, -0.2) is 18.9 Å². The third-order valence-corrected chi connectivity index (χ3v) is 2.34. The van der Waals surface area contributed by atoms with Gasteiger partial charge in [-0.3, -0.25) is 14.3 Å². The van der Waals surface area contributed by atoms with Gasteiger partial charge >= 0.3 is 0 Å². The first-order valence-electron chi connectivity index (χ1n) is 4.12. The van der Waals surface area contributed by atoms with E-state index in [0.717, 1.165) is 0 Å². The summed E-state index contributed by atoms with van der Waals surface area (Å²) < 4.78 is 21.7. The highest BCUT2D eigenvalue weighted by Crippen LogP contribution is 2.28. The first-order valence-corrected chi connectivity index (χ1v) is 5.23. The summed E-state index contributed by atoms with van der Waals surface area (Å²) in [4.78, 5) is 3.98. The maximum absolute atomic E-state index is 10.6. The van der Waals surface area contributed by atoms with Crippen LogP contribution in [0.3, 0.4) is 0 Å². The van der Waals surface area contributed by atoms with Crippen LogP contribution in [0.25, 0.3) is 10.9 Å². The number of phenols is 1. The third kappa shape index (κ3) is 1.90. The number of aromatic hydroxyl groups is 1. The van der Waals surface area contributed by atoms with Gasteiger partial charge in [-0.1, -0.05) is 0 Å². The van der Waals surface area contributed by atoms with Crippen molar-refractivity contribution in [3.63, 3.8) is 0 Å². The van der Waals surface area contributed by atoms with Crippen molar-refractivity contribution in [2.24, 2.45) is 0 Å². The molecular formula is C9H8N2O3S. The van der Waals surface area contributed by atoms with Crippen LogP contribution in [0.1, 0.15) is 0 Å². The predicted octanol–water partition coefficient (Wildman–Crippen LogP) is 1.49. The summed E-state index contributed by atoms with van der Waals surface area (Å²) in [5, 5.41) is 10.1. The second kappa shape index (κ2) is 3.84. The second-order valence-electron chi connectivity index (χ2n) is 2.88. The number of rotatable bonds is 2. The molecule has 15 heavy (non-hydrogen) atoms. The van der Waals surface area contributed by atoms with Gasteiger partial charge in [0, 0.05) is 11.6 Å². The molecule has 0 fully saturated rings. The lowest BCUT2D eigenvalue weighted by atomic mass is 10.2. The van der Waals surface area contributed by atoms with Gasteiger partial charge in [0.05, 0.1) is 5.69 Å². The molecular weight excluding hydrogens is 216 g/mol. The fraction of sp³-hybridized carbons (Fsp3) is 0. The molecule has 0 saturated carbocycles. The van der Waals surface area contributed by atoms with Gasteiger partial charge in [0.1, 0.15) is 11.3 Å². The van der Waals surface area contributed by atoms with Crippen LogP contribution in [0.15, 0.2) is 30.5 Å². The van der Waals surface area contributed by atoms with E-state index in [1.54, 1.807) is 18.3 Å². The molecule has 0 aliphatic carbocycles. The van der Waals surface area contributed by atoms with Gasteiger partial charge in [-0.15, -0.1) is 0 Å². The van der Waals surface area contributed by atoms with E-state index in [0.29, 0.717) is 16.6 Å². The monoisotopic (exact) mass is 224 g/mol. The summed E-state index contributed by atoms with van der Waals surface area (Å²) in [6.45, 7) is 0. The Morgan fingerprint density at radius 2 is 2.13 bits per heavy atom. The second-order valence-corrected chi connectivity index (χ2v) is 3.59. The van der Waals surface area contributed by atoms with E-state index in [2.05, 4.69) is 9.71 Å². The Labute approximate surface area is 88.2 Å². The van der Waals surface area contributed by atoms with Crippen molar-refractivity contribution in [3.05, 3.63) is 30.5 Å². The standard InChI is InChI=1S/C9H8N2O3S/c12-8-4-3-7(11-15(13)14)6-2-1-5-10-9(6)8/h1-5,11-12H,(H,13,14). The minimum absolute atomic E-state index is 0.0415. The average molecular weight is 224 g/mol. The molecule has 1 unspecified atom stereocenters. The van der Waals surface area contributed by atoms with E-state index >= 15 is 0 Å². The fourth-order valence-electron chi connectivity index (χ4n) is 1.34. The molecule has 1 heterocycles. The summed E-state index contributed by atoms with van der Waals surface area (Å²) in [6.07, 6.45) is 1.54. The zero-order chi connectivity index (χ0) is 10.8. The van der Waals surface area contributed by atoms with Crippen molar-refractivity contribution in [2.45, 2.75) is 0 Å². The van der Waals surface area contributed by atoms with Crippen LogP contribution in [0.2, 0.25) is 0 Å². The van der Waals surface area contributed by atoms with Crippen LogP contribution in [-0.2, 0) is 11.3 Å². The minimum atomic E-state index is -2.14. The molecule has 0 spiro atoms. The molecule has 0 radical (unpaired) electrons. The van der Waals surface area contributed by atoms with Gasteiger partial charge in [0.15, 0.2) is 0 Å². The quantitative estimate of drug-likeness (QED) is 0.533. The van der Waals surface area contributed by atoms with Gasteiger partial charge in [0.2, 0.25) is 0 Å². The van der Waals surface area contributed by atoms with Gasteiger partial charge < -0.3 is 5.11 Å². The molecule has 78 valence electrons. The molecule has 6 heteroatoms. The Kier molecular flexibility index (Phi) is 2.53. The molecule has 2 aromatic rings. The smallest absolute Gasteiger partial charge is 0.259 e. The fourth-order valence-corrected chi connectivity index (χ4v) is 1.71. The maximum Gasteiger partial charge on any atom is 0.259 e. The molecule has 5 nitrogen and oxygen atoms in total. The lowest BCUT2D eigenvalue weighted by Gasteiger charge is -2.06. The highest BCUT2D eigenvalue weighted by atomic mass is 32.2. The SMILES string of the molecule is O=S(O)Nc1ccc(O)c2ncccc12. The molecule has 1 aromatic heterocycles. The number of nitrogens with one attached hydrogen (secondary N) is 1. The van der Waals surface area contributed by atoms with E-state index in [1.807, 2.05) is 0 Å². The number of fused-ring (bicyclic) bond motifs is 1. The highest BCUT2D eigenvalue weighted by molar-refractivity contribution is 7.80. The molecule has 1 aromatic carbocycles. The van der Waals surface area contributed by atoms with Gasteiger partial charge in [-0.2, -0.15) is 0 Å². The maximum atomic E-state index is 10.6. The van der Waals surface area contributed by atoms with E-state index in [4.69, 9.17) is 4.55 Å². The third-order valence-electron chi connectivity index (χ3n) is 1.95. The van der Waals surface area contributed by atoms with Gasteiger partial charge in [0.25, 0.3) is 11.3 Å². The Bertz CT molecular complexity index is 530. The van der Waals surface area contributed by atoms with Crippen molar-refractivity contribution < 1.29 is 13.9 Å². The van der Waals surface area contributed by atoms with E-state index in [9.17, 15) is 9.32 Å². The Morgan fingerprint density at radius 3 is 2.87 bits per heavy atom. The van der Waals surface area contributed by atoms with Crippen molar-refractivity contribution in [2.75, 3.05) is 4.72 Å². The summed E-state index contributed by atoms with van der Waals surface area (Å²) in [6, 6.07) is 6.34. The van der Waals surface area contributed by atoms with E-state index in [-0.39, 0.29) is 5.75 Å². The van der Waals surface area contributed by atoms with E-state index in [1.165, 1.54) is 12.1 Å². The van der Waals surface area contributed by atoms with Gasteiger partial charge in [-0.05, 0) is 24.3 Å². The molecule has 3 N–H and O–H groups in total. The zero-order valence-electron chi connectivity index (χ0n) is 7.54. The topological polar surface area (TPSA) is 82.5 Å². The van der Waals surface area contributed by atoms with Crippen LogP contribution >= 0.6 is 0 Å².